The molecule has 1 aliphatic carbocycles. The molecule has 2 aliphatic rings. The fraction of sp³-hybridized carbons (Fsp3) is 0.667. The third-order valence-corrected chi connectivity index (χ3v) is 6.27. The number of carbonyl (C=O) groups is 1. The Labute approximate surface area is 154 Å². The van der Waals surface area contributed by atoms with E-state index in [1.54, 1.807) is 11.3 Å². The number of rotatable bonds is 5. The summed E-state index contributed by atoms with van der Waals surface area (Å²) < 4.78 is 0. The van der Waals surface area contributed by atoms with Crippen LogP contribution in [0, 0.1) is 0 Å². The van der Waals surface area contributed by atoms with Gasteiger partial charge in [0.1, 0.15) is 0 Å². The summed E-state index contributed by atoms with van der Waals surface area (Å²) in [7, 11) is 0. The maximum Gasteiger partial charge on any atom is 0.241 e. The number of hydrogen-bond acceptors (Lipinski definition) is 3. The standard InChI is InChI=1S/C18H27N3OS2/c22-17(20-10-4-5-11-20)13-19-18(23)21(14-16-9-6-12-24-16)15-7-2-1-3-8-15/h6,9,12,15H,1-5,7-8,10-11,13-14H2,(H,19,23). The Hall–Kier alpha value is -1.14. The lowest BCUT2D eigenvalue weighted by molar-refractivity contribution is -0.128. The number of nitrogens with zero attached hydrogens (tertiary/aromatic N) is 2. The van der Waals surface area contributed by atoms with Crippen molar-refractivity contribution < 1.29 is 4.79 Å². The summed E-state index contributed by atoms with van der Waals surface area (Å²) in [5, 5.41) is 6.09. The van der Waals surface area contributed by atoms with E-state index in [4.69, 9.17) is 12.2 Å². The molecule has 2 heterocycles. The molecule has 6 heteroatoms. The lowest BCUT2D eigenvalue weighted by Crippen LogP contribution is -2.48. The van der Waals surface area contributed by atoms with Gasteiger partial charge in [-0.2, -0.15) is 0 Å². The van der Waals surface area contributed by atoms with Crippen LogP contribution in [0.1, 0.15) is 49.8 Å². The molecule has 1 amide bonds. The van der Waals surface area contributed by atoms with Crippen LogP contribution in [0.5, 0.6) is 0 Å². The molecule has 0 bridgehead atoms. The molecular formula is C18H27N3OS2. The molecule has 0 aromatic carbocycles. The van der Waals surface area contributed by atoms with Crippen LogP contribution in [0.15, 0.2) is 17.5 Å². The van der Waals surface area contributed by atoms with E-state index in [2.05, 4.69) is 27.7 Å². The molecule has 1 N–H and O–H groups in total. The van der Waals surface area contributed by atoms with Gasteiger partial charge in [0, 0.05) is 24.0 Å². The Morgan fingerprint density at radius 2 is 2.00 bits per heavy atom. The van der Waals surface area contributed by atoms with Crippen molar-refractivity contribution in [1.29, 1.82) is 0 Å². The molecule has 0 atom stereocenters. The van der Waals surface area contributed by atoms with Gasteiger partial charge in [0.25, 0.3) is 0 Å². The van der Waals surface area contributed by atoms with Crippen LogP contribution < -0.4 is 5.32 Å². The zero-order valence-corrected chi connectivity index (χ0v) is 15.8. The number of carbonyl (C=O) groups excluding carboxylic acids is 1. The predicted molar refractivity (Wildman–Crippen MR) is 103 cm³/mol. The number of likely N-dealkylation sites (tertiary alicyclic amines) is 1. The number of thiophene rings is 1. The highest BCUT2D eigenvalue weighted by Crippen LogP contribution is 2.25. The van der Waals surface area contributed by atoms with Crippen molar-refractivity contribution in [3.8, 4) is 0 Å². The van der Waals surface area contributed by atoms with E-state index in [-0.39, 0.29) is 5.91 Å². The minimum atomic E-state index is 0.176. The van der Waals surface area contributed by atoms with Crippen molar-refractivity contribution in [2.75, 3.05) is 19.6 Å². The van der Waals surface area contributed by atoms with Crippen molar-refractivity contribution in [2.45, 2.75) is 57.5 Å². The number of hydrogen-bond donors (Lipinski definition) is 1. The molecule has 2 fully saturated rings. The normalized spacial score (nSPS) is 18.6. The quantitative estimate of drug-likeness (QED) is 0.812. The molecule has 1 saturated carbocycles. The third kappa shape index (κ3) is 4.70. The molecule has 1 aromatic heterocycles. The van der Waals surface area contributed by atoms with E-state index >= 15 is 0 Å². The number of nitrogens with one attached hydrogen (secondary N) is 1. The van der Waals surface area contributed by atoms with E-state index in [0.717, 1.165) is 37.6 Å². The number of amides is 1. The Balaban J connectivity index is 1.58. The minimum absolute atomic E-state index is 0.176. The first kappa shape index (κ1) is 17.7. The first-order valence-electron chi connectivity index (χ1n) is 9.08. The Morgan fingerprint density at radius 3 is 2.67 bits per heavy atom. The van der Waals surface area contributed by atoms with Gasteiger partial charge >= 0.3 is 0 Å². The van der Waals surface area contributed by atoms with Gasteiger partial charge in [0.15, 0.2) is 5.11 Å². The SMILES string of the molecule is O=C(CNC(=S)N(Cc1cccs1)C1CCCCC1)N1CCCC1. The van der Waals surface area contributed by atoms with E-state index < -0.39 is 0 Å². The smallest absolute Gasteiger partial charge is 0.241 e. The average Bonchev–Trinajstić information content (AvgIpc) is 3.31. The molecule has 0 unspecified atom stereocenters. The summed E-state index contributed by atoms with van der Waals surface area (Å²) in [6, 6.07) is 4.76. The van der Waals surface area contributed by atoms with Gasteiger partial charge in [0.05, 0.1) is 13.1 Å². The van der Waals surface area contributed by atoms with Crippen molar-refractivity contribution >= 4 is 34.6 Å². The summed E-state index contributed by atoms with van der Waals surface area (Å²) in [6.45, 7) is 2.97. The summed E-state index contributed by atoms with van der Waals surface area (Å²) in [5.41, 5.74) is 0. The first-order valence-corrected chi connectivity index (χ1v) is 10.4. The molecule has 3 rings (SSSR count). The van der Waals surface area contributed by atoms with Crippen LogP contribution in [0.3, 0.4) is 0 Å². The van der Waals surface area contributed by atoms with Crippen LogP contribution in [-0.4, -0.2) is 46.5 Å². The summed E-state index contributed by atoms with van der Waals surface area (Å²) >= 11 is 7.44. The summed E-state index contributed by atoms with van der Waals surface area (Å²) in [5.74, 6) is 0.176. The van der Waals surface area contributed by atoms with Crippen molar-refractivity contribution in [2.24, 2.45) is 0 Å². The van der Waals surface area contributed by atoms with E-state index in [0.29, 0.717) is 12.6 Å². The van der Waals surface area contributed by atoms with Gasteiger partial charge in [-0.25, -0.2) is 0 Å². The van der Waals surface area contributed by atoms with Crippen molar-refractivity contribution in [1.82, 2.24) is 15.1 Å². The fourth-order valence-corrected chi connectivity index (χ4v) is 4.65. The summed E-state index contributed by atoms with van der Waals surface area (Å²) in [4.78, 5) is 17.8. The van der Waals surface area contributed by atoms with Crippen LogP contribution in [0.25, 0.3) is 0 Å². The zero-order valence-electron chi connectivity index (χ0n) is 14.2. The fourth-order valence-electron chi connectivity index (χ4n) is 3.66. The highest BCUT2D eigenvalue weighted by molar-refractivity contribution is 7.80. The molecular weight excluding hydrogens is 338 g/mol. The predicted octanol–water partition coefficient (Wildman–Crippen LogP) is 3.38. The highest BCUT2D eigenvalue weighted by Gasteiger charge is 2.25. The highest BCUT2D eigenvalue weighted by atomic mass is 32.1. The van der Waals surface area contributed by atoms with Gasteiger partial charge < -0.3 is 15.1 Å². The second kappa shape index (κ2) is 8.81. The first-order chi connectivity index (χ1) is 11.7. The topological polar surface area (TPSA) is 35.6 Å². The van der Waals surface area contributed by atoms with Crippen molar-refractivity contribution in [3.63, 3.8) is 0 Å². The lowest BCUT2D eigenvalue weighted by Gasteiger charge is -2.36. The third-order valence-electron chi connectivity index (χ3n) is 5.03. The van der Waals surface area contributed by atoms with E-state index in [1.807, 2.05) is 4.90 Å². The largest absolute Gasteiger partial charge is 0.353 e. The van der Waals surface area contributed by atoms with Gasteiger partial charge in [-0.05, 0) is 49.3 Å². The van der Waals surface area contributed by atoms with Crippen LogP contribution in [0.4, 0.5) is 0 Å². The van der Waals surface area contributed by atoms with Crippen LogP contribution in [0.2, 0.25) is 0 Å². The molecule has 132 valence electrons. The maximum atomic E-state index is 12.3. The van der Waals surface area contributed by atoms with Gasteiger partial charge in [0.2, 0.25) is 5.91 Å². The monoisotopic (exact) mass is 365 g/mol. The number of thiocarbonyl (C=S) groups is 1. The molecule has 0 spiro atoms. The Bertz CT molecular complexity index is 534. The Morgan fingerprint density at radius 1 is 1.25 bits per heavy atom. The molecule has 1 aromatic rings. The zero-order chi connectivity index (χ0) is 16.8. The van der Waals surface area contributed by atoms with Crippen molar-refractivity contribution in [3.05, 3.63) is 22.4 Å². The molecule has 1 saturated heterocycles. The van der Waals surface area contributed by atoms with E-state index in [1.165, 1.54) is 37.0 Å². The molecule has 1 aliphatic heterocycles. The molecule has 4 nitrogen and oxygen atoms in total. The minimum Gasteiger partial charge on any atom is -0.353 e. The molecule has 0 radical (unpaired) electrons. The Kier molecular flexibility index (Phi) is 6.49. The molecule has 24 heavy (non-hydrogen) atoms. The summed E-state index contributed by atoms with van der Waals surface area (Å²) in [6.07, 6.45) is 8.55. The second-order valence-electron chi connectivity index (χ2n) is 6.75. The lowest BCUT2D eigenvalue weighted by atomic mass is 9.94. The van der Waals surface area contributed by atoms with Crippen LogP contribution >= 0.6 is 23.6 Å². The average molecular weight is 366 g/mol. The van der Waals surface area contributed by atoms with Gasteiger partial charge in [-0.15, -0.1) is 11.3 Å². The maximum absolute atomic E-state index is 12.3. The van der Waals surface area contributed by atoms with E-state index in [9.17, 15) is 4.79 Å². The van der Waals surface area contributed by atoms with Gasteiger partial charge in [-0.1, -0.05) is 25.3 Å². The van der Waals surface area contributed by atoms with Gasteiger partial charge in [-0.3, -0.25) is 4.79 Å². The second-order valence-corrected chi connectivity index (χ2v) is 8.16. The van der Waals surface area contributed by atoms with Crippen LogP contribution in [-0.2, 0) is 11.3 Å².